The van der Waals surface area contributed by atoms with Crippen LogP contribution in [0.3, 0.4) is 0 Å². The van der Waals surface area contributed by atoms with Crippen LogP contribution in [0.1, 0.15) is 25.0 Å². The molecule has 0 aliphatic carbocycles. The van der Waals surface area contributed by atoms with Crippen molar-refractivity contribution in [3.63, 3.8) is 0 Å². The van der Waals surface area contributed by atoms with Crippen LogP contribution in [0, 0.1) is 11.3 Å². The average molecular weight is 277 g/mol. The maximum atomic E-state index is 9.29. The van der Waals surface area contributed by atoms with Crippen molar-refractivity contribution in [2.24, 2.45) is 0 Å². The van der Waals surface area contributed by atoms with Gasteiger partial charge in [-0.05, 0) is 24.0 Å². The smallest absolute Gasteiger partial charge is 0.101 e. The lowest BCUT2D eigenvalue weighted by Crippen LogP contribution is -2.23. The molecule has 0 amide bonds. The van der Waals surface area contributed by atoms with Crippen LogP contribution in [0.5, 0.6) is 0 Å². The Kier molecular flexibility index (Phi) is 6.75. The van der Waals surface area contributed by atoms with Gasteiger partial charge in [-0.2, -0.15) is 17.0 Å². The summed E-state index contributed by atoms with van der Waals surface area (Å²) >= 11 is 1.82. The molecule has 0 saturated carbocycles. The largest absolute Gasteiger partial charge is 0.373 e. The van der Waals surface area contributed by atoms with Gasteiger partial charge in [-0.1, -0.05) is 19.9 Å². The highest BCUT2D eigenvalue weighted by Crippen LogP contribution is 2.20. The molecule has 104 valence electrons. The van der Waals surface area contributed by atoms with Crippen molar-refractivity contribution in [3.05, 3.63) is 29.3 Å². The van der Waals surface area contributed by atoms with Gasteiger partial charge in [-0.15, -0.1) is 0 Å². The molecular weight excluding hydrogens is 254 g/mol. The molecule has 4 heteroatoms. The highest BCUT2D eigenvalue weighted by molar-refractivity contribution is 7.98. The Balaban J connectivity index is 2.81. The minimum Gasteiger partial charge on any atom is -0.373 e. The van der Waals surface area contributed by atoms with E-state index in [2.05, 4.69) is 48.5 Å². The number of hydrogen-bond donors (Lipinski definition) is 1. The second-order valence-electron chi connectivity index (χ2n) is 4.91. The van der Waals surface area contributed by atoms with Crippen molar-refractivity contribution in [2.45, 2.75) is 26.4 Å². The Hall–Kier alpha value is -1.18. The van der Waals surface area contributed by atoms with E-state index in [1.54, 1.807) is 0 Å². The molecule has 0 fully saturated rings. The predicted octanol–water partition coefficient (Wildman–Crippen LogP) is 2.86. The number of rotatable bonds is 7. The van der Waals surface area contributed by atoms with Crippen LogP contribution >= 0.6 is 11.8 Å². The van der Waals surface area contributed by atoms with Crippen molar-refractivity contribution >= 4 is 17.4 Å². The third-order valence-electron chi connectivity index (χ3n) is 2.94. The first-order valence-electron chi connectivity index (χ1n) is 6.55. The third kappa shape index (κ3) is 5.14. The molecule has 0 aromatic heterocycles. The molecule has 19 heavy (non-hydrogen) atoms. The summed E-state index contributed by atoms with van der Waals surface area (Å²) < 4.78 is 0. The molecule has 1 aromatic rings. The summed E-state index contributed by atoms with van der Waals surface area (Å²) in [4.78, 5) is 2.15. The zero-order chi connectivity index (χ0) is 14.3. The van der Waals surface area contributed by atoms with E-state index in [1.807, 2.05) is 24.9 Å². The second-order valence-corrected chi connectivity index (χ2v) is 5.90. The second kappa shape index (κ2) is 8.08. The standard InChI is InChI=1S/C15H23N3S/c1-12(2)17-11-13-5-6-15(14(9-13)10-16)18(3)7-8-19-4/h5-6,9,12,17H,7-8,11H2,1-4H3. The first kappa shape index (κ1) is 15.9. The van der Waals surface area contributed by atoms with E-state index in [4.69, 9.17) is 0 Å². The summed E-state index contributed by atoms with van der Waals surface area (Å²) in [7, 11) is 2.04. The van der Waals surface area contributed by atoms with Crippen LogP contribution in [-0.2, 0) is 6.54 Å². The molecule has 0 heterocycles. The summed E-state index contributed by atoms with van der Waals surface area (Å²) in [5.74, 6) is 1.07. The summed E-state index contributed by atoms with van der Waals surface area (Å²) in [6.07, 6.45) is 2.10. The molecule has 1 rings (SSSR count). The predicted molar refractivity (Wildman–Crippen MR) is 84.8 cm³/mol. The van der Waals surface area contributed by atoms with Gasteiger partial charge in [-0.25, -0.2) is 0 Å². The Morgan fingerprint density at radius 1 is 1.42 bits per heavy atom. The van der Waals surface area contributed by atoms with E-state index in [0.29, 0.717) is 6.04 Å². The first-order chi connectivity index (χ1) is 9.08. The first-order valence-corrected chi connectivity index (χ1v) is 7.94. The van der Waals surface area contributed by atoms with Crippen LogP contribution in [0.4, 0.5) is 5.69 Å². The van der Waals surface area contributed by atoms with Gasteiger partial charge >= 0.3 is 0 Å². The van der Waals surface area contributed by atoms with Crippen molar-refractivity contribution in [3.8, 4) is 6.07 Å². The summed E-state index contributed by atoms with van der Waals surface area (Å²) in [6.45, 7) is 6.01. The minimum atomic E-state index is 0.453. The Bertz CT molecular complexity index is 438. The number of thioether (sulfide) groups is 1. The number of nitrogens with one attached hydrogen (secondary N) is 1. The van der Waals surface area contributed by atoms with E-state index in [9.17, 15) is 5.26 Å². The third-order valence-corrected chi connectivity index (χ3v) is 3.53. The highest BCUT2D eigenvalue weighted by Gasteiger charge is 2.08. The fourth-order valence-corrected chi connectivity index (χ4v) is 2.24. The molecule has 1 aromatic carbocycles. The zero-order valence-electron chi connectivity index (χ0n) is 12.2. The Labute approximate surface area is 121 Å². The van der Waals surface area contributed by atoms with E-state index in [-0.39, 0.29) is 0 Å². The number of nitrogens with zero attached hydrogens (tertiary/aromatic N) is 2. The molecule has 0 aliphatic heterocycles. The molecule has 0 aliphatic rings. The number of anilines is 1. The normalized spacial score (nSPS) is 10.5. The van der Waals surface area contributed by atoms with Gasteiger partial charge in [0, 0.05) is 31.9 Å². The molecule has 0 saturated heterocycles. The maximum absolute atomic E-state index is 9.29. The molecular formula is C15H23N3S. The van der Waals surface area contributed by atoms with Crippen LogP contribution in [0.2, 0.25) is 0 Å². The lowest BCUT2D eigenvalue weighted by atomic mass is 10.1. The summed E-state index contributed by atoms with van der Waals surface area (Å²) in [5.41, 5.74) is 2.93. The SMILES string of the molecule is CSCCN(C)c1ccc(CNC(C)C)cc1C#N. The lowest BCUT2D eigenvalue weighted by Gasteiger charge is -2.20. The molecule has 1 N–H and O–H groups in total. The van der Waals surface area contributed by atoms with Gasteiger partial charge < -0.3 is 10.2 Å². The van der Waals surface area contributed by atoms with Gasteiger partial charge in [0.05, 0.1) is 11.3 Å². The highest BCUT2D eigenvalue weighted by atomic mass is 32.2. The van der Waals surface area contributed by atoms with Gasteiger partial charge in [0.15, 0.2) is 0 Å². The van der Waals surface area contributed by atoms with Gasteiger partial charge in [0.2, 0.25) is 0 Å². The number of hydrogen-bond acceptors (Lipinski definition) is 4. The molecule has 0 spiro atoms. The topological polar surface area (TPSA) is 39.1 Å². The van der Waals surface area contributed by atoms with Gasteiger partial charge in [-0.3, -0.25) is 0 Å². The van der Waals surface area contributed by atoms with Crippen molar-refractivity contribution in [2.75, 3.05) is 30.5 Å². The van der Waals surface area contributed by atoms with E-state index < -0.39 is 0 Å². The van der Waals surface area contributed by atoms with Crippen molar-refractivity contribution in [1.29, 1.82) is 5.26 Å². The minimum absolute atomic E-state index is 0.453. The molecule has 0 bridgehead atoms. The van der Waals surface area contributed by atoms with E-state index in [0.717, 1.165) is 35.7 Å². The Morgan fingerprint density at radius 2 is 2.16 bits per heavy atom. The van der Waals surface area contributed by atoms with E-state index >= 15 is 0 Å². The molecule has 0 unspecified atom stereocenters. The summed E-state index contributed by atoms with van der Waals surface area (Å²) in [5, 5.41) is 12.7. The quantitative estimate of drug-likeness (QED) is 0.832. The van der Waals surface area contributed by atoms with Gasteiger partial charge in [0.25, 0.3) is 0 Å². The number of nitriles is 1. The number of benzene rings is 1. The van der Waals surface area contributed by atoms with Crippen molar-refractivity contribution in [1.82, 2.24) is 5.32 Å². The van der Waals surface area contributed by atoms with Crippen LogP contribution in [0.25, 0.3) is 0 Å². The maximum Gasteiger partial charge on any atom is 0.101 e. The van der Waals surface area contributed by atoms with Gasteiger partial charge in [0.1, 0.15) is 6.07 Å². The summed E-state index contributed by atoms with van der Waals surface area (Å²) in [6, 6.07) is 8.89. The van der Waals surface area contributed by atoms with Crippen LogP contribution in [-0.4, -0.2) is 31.6 Å². The average Bonchev–Trinajstić information content (AvgIpc) is 2.42. The Morgan fingerprint density at radius 3 is 2.74 bits per heavy atom. The van der Waals surface area contributed by atoms with Crippen molar-refractivity contribution < 1.29 is 0 Å². The van der Waals surface area contributed by atoms with E-state index in [1.165, 1.54) is 0 Å². The molecule has 0 atom stereocenters. The fraction of sp³-hybridized carbons (Fsp3) is 0.533. The fourth-order valence-electron chi connectivity index (χ4n) is 1.79. The monoisotopic (exact) mass is 277 g/mol. The van der Waals surface area contributed by atoms with Crippen LogP contribution < -0.4 is 10.2 Å². The lowest BCUT2D eigenvalue weighted by molar-refractivity contribution is 0.589. The molecule has 3 nitrogen and oxygen atoms in total. The molecule has 0 radical (unpaired) electrons. The van der Waals surface area contributed by atoms with Crippen LogP contribution in [0.15, 0.2) is 18.2 Å². The zero-order valence-corrected chi connectivity index (χ0v) is 13.0.